The topological polar surface area (TPSA) is 95.7 Å². The monoisotopic (exact) mass is 424 g/mol. The number of nitrogen functional groups attached to an aromatic ring is 1. The third kappa shape index (κ3) is 4.93. The van der Waals surface area contributed by atoms with Gasteiger partial charge >= 0.3 is 0 Å². The molecule has 9 heteroatoms. The molecule has 0 radical (unpaired) electrons. The van der Waals surface area contributed by atoms with E-state index in [0.717, 1.165) is 6.20 Å². The molecule has 3 heterocycles. The van der Waals surface area contributed by atoms with Gasteiger partial charge in [-0.05, 0) is 12.1 Å². The van der Waals surface area contributed by atoms with Gasteiger partial charge < -0.3 is 10.3 Å². The van der Waals surface area contributed by atoms with E-state index in [9.17, 15) is 8.78 Å². The van der Waals surface area contributed by atoms with Crippen LogP contribution in [0.4, 0.5) is 14.6 Å². The highest BCUT2D eigenvalue weighted by Gasteiger charge is 2.17. The highest BCUT2D eigenvalue weighted by atomic mass is 19.1. The molecule has 0 bridgehead atoms. The Balaban J connectivity index is 0.000000407. The van der Waals surface area contributed by atoms with Crippen LogP contribution in [0.1, 0.15) is 37.7 Å². The molecule has 0 amide bonds. The van der Waals surface area contributed by atoms with Gasteiger partial charge in [0.25, 0.3) is 0 Å². The summed E-state index contributed by atoms with van der Waals surface area (Å²) in [5, 5.41) is 8.30. The Labute approximate surface area is 177 Å². The van der Waals surface area contributed by atoms with Gasteiger partial charge in [-0.25, -0.2) is 18.7 Å². The Morgan fingerprint density at radius 1 is 0.968 bits per heavy atom. The molecule has 160 valence electrons. The largest absolute Gasteiger partial charge is 0.381 e. The van der Waals surface area contributed by atoms with Crippen LogP contribution >= 0.6 is 0 Å². The number of halogens is 2. The van der Waals surface area contributed by atoms with Crippen molar-refractivity contribution in [3.8, 4) is 22.9 Å². The van der Waals surface area contributed by atoms with Gasteiger partial charge in [0.2, 0.25) is 0 Å². The average molecular weight is 424 g/mol. The Morgan fingerprint density at radius 2 is 1.71 bits per heavy atom. The van der Waals surface area contributed by atoms with Gasteiger partial charge in [-0.1, -0.05) is 55.5 Å². The Kier molecular flexibility index (Phi) is 6.30. The van der Waals surface area contributed by atoms with Crippen LogP contribution in [-0.4, -0.2) is 24.9 Å². The lowest BCUT2D eigenvalue weighted by molar-refractivity contribution is 0.421. The van der Waals surface area contributed by atoms with E-state index in [-0.39, 0.29) is 24.0 Å². The molecule has 4 aromatic rings. The molecule has 1 saturated carbocycles. The van der Waals surface area contributed by atoms with Gasteiger partial charge in [-0.2, -0.15) is 5.10 Å². The van der Waals surface area contributed by atoms with Crippen molar-refractivity contribution in [3.63, 3.8) is 0 Å². The maximum atomic E-state index is 14.0. The molecule has 1 aromatic carbocycles. The minimum atomic E-state index is -0.712. The van der Waals surface area contributed by atoms with E-state index in [1.165, 1.54) is 44.4 Å². The van der Waals surface area contributed by atoms with Crippen LogP contribution in [0.15, 0.2) is 53.4 Å². The molecule has 2 N–H and O–H groups in total. The van der Waals surface area contributed by atoms with E-state index >= 15 is 0 Å². The summed E-state index contributed by atoms with van der Waals surface area (Å²) in [4.78, 5) is 7.81. The summed E-state index contributed by atoms with van der Waals surface area (Å²) in [7, 11) is 0. The number of benzene rings is 1. The second-order valence-electron chi connectivity index (χ2n) is 7.24. The Bertz CT molecular complexity index is 1130. The van der Waals surface area contributed by atoms with Crippen LogP contribution < -0.4 is 5.73 Å². The summed E-state index contributed by atoms with van der Waals surface area (Å²) in [6.45, 7) is 0.158. The first-order valence-electron chi connectivity index (χ1n) is 10.1. The third-order valence-corrected chi connectivity index (χ3v) is 5.01. The molecular weight excluding hydrogens is 402 g/mol. The summed E-state index contributed by atoms with van der Waals surface area (Å²) in [6.07, 6.45) is 9.89. The van der Waals surface area contributed by atoms with Gasteiger partial charge in [0.1, 0.15) is 23.5 Å². The molecule has 1 aliphatic carbocycles. The van der Waals surface area contributed by atoms with E-state index in [4.69, 9.17) is 10.3 Å². The van der Waals surface area contributed by atoms with Crippen molar-refractivity contribution < 1.29 is 13.3 Å². The van der Waals surface area contributed by atoms with E-state index < -0.39 is 5.82 Å². The lowest BCUT2D eigenvalue weighted by atomic mass is 10.2. The first-order valence-corrected chi connectivity index (χ1v) is 10.1. The van der Waals surface area contributed by atoms with Crippen LogP contribution in [0.5, 0.6) is 0 Å². The standard InChI is InChI=1S/C17H12F2N6O.C5H10/c18-11-4-2-1-3-10(11)9-25-15(13-5-6-26-24-13)7-14(23-25)17-21-8-12(19)16(20)22-17;1-2-4-5-3-1/h1-8H,9H2,(H2,20,21,22);1-5H2. The molecule has 31 heavy (non-hydrogen) atoms. The third-order valence-electron chi connectivity index (χ3n) is 5.01. The number of hydrogen-bond donors (Lipinski definition) is 1. The summed E-state index contributed by atoms with van der Waals surface area (Å²) >= 11 is 0. The fourth-order valence-corrected chi connectivity index (χ4v) is 3.37. The predicted molar refractivity (Wildman–Crippen MR) is 112 cm³/mol. The van der Waals surface area contributed by atoms with Crippen molar-refractivity contribution in [2.45, 2.75) is 38.6 Å². The molecule has 5 rings (SSSR count). The number of hydrogen-bond acceptors (Lipinski definition) is 6. The maximum Gasteiger partial charge on any atom is 0.183 e. The molecule has 7 nitrogen and oxygen atoms in total. The first kappa shape index (κ1) is 20.6. The lowest BCUT2D eigenvalue weighted by Crippen LogP contribution is -2.06. The number of anilines is 1. The molecule has 1 aliphatic rings. The number of nitrogens with zero attached hydrogens (tertiary/aromatic N) is 5. The van der Waals surface area contributed by atoms with Crippen molar-refractivity contribution in [2.75, 3.05) is 5.73 Å². The molecule has 0 spiro atoms. The molecular formula is C22H22F2N6O. The highest BCUT2D eigenvalue weighted by molar-refractivity contribution is 5.63. The van der Waals surface area contributed by atoms with Gasteiger partial charge in [-0.3, -0.25) is 4.68 Å². The van der Waals surface area contributed by atoms with Crippen LogP contribution in [0.3, 0.4) is 0 Å². The summed E-state index contributed by atoms with van der Waals surface area (Å²) in [5.74, 6) is -1.18. The van der Waals surface area contributed by atoms with Gasteiger partial charge in [-0.15, -0.1) is 0 Å². The first-order chi connectivity index (χ1) is 15.1. The fraction of sp³-hybridized carbons (Fsp3) is 0.273. The normalized spacial score (nSPS) is 13.1. The zero-order valence-electron chi connectivity index (χ0n) is 16.8. The van der Waals surface area contributed by atoms with Crippen LogP contribution in [0.25, 0.3) is 22.9 Å². The second-order valence-corrected chi connectivity index (χ2v) is 7.24. The molecule has 1 fully saturated rings. The molecule has 0 atom stereocenters. The van der Waals surface area contributed by atoms with Crippen molar-refractivity contribution in [1.29, 1.82) is 0 Å². The predicted octanol–water partition coefficient (Wildman–Crippen LogP) is 4.85. The molecule has 0 aliphatic heterocycles. The number of rotatable bonds is 4. The lowest BCUT2D eigenvalue weighted by Gasteiger charge is -2.06. The van der Waals surface area contributed by atoms with Crippen LogP contribution in [0.2, 0.25) is 0 Å². The second kappa shape index (κ2) is 9.46. The highest BCUT2D eigenvalue weighted by Crippen LogP contribution is 2.25. The Hall–Kier alpha value is -3.62. The molecule has 0 unspecified atom stereocenters. The molecule has 0 saturated heterocycles. The quantitative estimate of drug-likeness (QED) is 0.503. The number of nitrogens with two attached hydrogens (primary N) is 1. The van der Waals surface area contributed by atoms with Crippen molar-refractivity contribution in [2.24, 2.45) is 0 Å². The van der Waals surface area contributed by atoms with E-state index in [1.54, 1.807) is 35.0 Å². The molecule has 3 aromatic heterocycles. The van der Waals surface area contributed by atoms with Crippen molar-refractivity contribution in [3.05, 3.63) is 66.1 Å². The van der Waals surface area contributed by atoms with Gasteiger partial charge in [0.15, 0.2) is 17.5 Å². The van der Waals surface area contributed by atoms with Crippen molar-refractivity contribution in [1.82, 2.24) is 24.9 Å². The summed E-state index contributed by atoms with van der Waals surface area (Å²) < 4.78 is 33.8. The van der Waals surface area contributed by atoms with Crippen LogP contribution in [-0.2, 0) is 6.54 Å². The summed E-state index contributed by atoms with van der Waals surface area (Å²) in [6, 6.07) is 9.70. The van der Waals surface area contributed by atoms with E-state index in [0.29, 0.717) is 22.6 Å². The summed E-state index contributed by atoms with van der Waals surface area (Å²) in [5.41, 5.74) is 7.39. The average Bonchev–Trinajstić information content (AvgIpc) is 3.55. The smallest absolute Gasteiger partial charge is 0.183 e. The van der Waals surface area contributed by atoms with Gasteiger partial charge in [0.05, 0.1) is 18.4 Å². The zero-order valence-corrected chi connectivity index (χ0v) is 16.8. The van der Waals surface area contributed by atoms with E-state index in [1.807, 2.05) is 0 Å². The maximum absolute atomic E-state index is 14.0. The SMILES string of the molecule is C1CCCC1.Nc1nc(-c2cc(-c3ccon3)n(Cc3ccccc3F)n2)ncc1F. The van der Waals surface area contributed by atoms with Crippen molar-refractivity contribution >= 4 is 5.82 Å². The minimum absolute atomic E-state index is 0.154. The zero-order chi connectivity index (χ0) is 21.6. The Morgan fingerprint density at radius 3 is 2.35 bits per heavy atom. The minimum Gasteiger partial charge on any atom is -0.381 e. The van der Waals surface area contributed by atoms with Gasteiger partial charge in [0, 0.05) is 11.6 Å². The van der Waals surface area contributed by atoms with Crippen LogP contribution in [0, 0.1) is 11.6 Å². The number of aromatic nitrogens is 5. The van der Waals surface area contributed by atoms with E-state index in [2.05, 4.69) is 20.2 Å². The fourth-order valence-electron chi connectivity index (χ4n) is 3.37.